The van der Waals surface area contributed by atoms with E-state index >= 15 is 0 Å². The van der Waals surface area contributed by atoms with Crippen LogP contribution < -0.4 is 15.8 Å². The molecule has 1 aromatic heterocycles. The van der Waals surface area contributed by atoms with Crippen LogP contribution in [0.3, 0.4) is 0 Å². The van der Waals surface area contributed by atoms with Gasteiger partial charge in [0.2, 0.25) is 5.91 Å². The van der Waals surface area contributed by atoms with Crippen molar-refractivity contribution in [3.63, 3.8) is 0 Å². The quantitative estimate of drug-likeness (QED) is 0.597. The third-order valence-corrected chi connectivity index (χ3v) is 5.92. The number of aromatic nitrogens is 2. The molecule has 0 saturated carbocycles. The summed E-state index contributed by atoms with van der Waals surface area (Å²) in [4.78, 5) is 31.4. The maximum atomic E-state index is 13.1. The van der Waals surface area contributed by atoms with Crippen LogP contribution in [0.1, 0.15) is 12.8 Å². The van der Waals surface area contributed by atoms with Crippen molar-refractivity contribution >= 4 is 38.4 Å². The van der Waals surface area contributed by atoms with Crippen LogP contribution in [0.2, 0.25) is 0 Å². The number of hydrogen-bond donors (Lipinski definition) is 1. The highest BCUT2D eigenvalue weighted by molar-refractivity contribution is 9.10. The molecule has 8 heteroatoms. The summed E-state index contributed by atoms with van der Waals surface area (Å²) >= 11 is 3.37. The van der Waals surface area contributed by atoms with E-state index in [2.05, 4.69) is 31.1 Å². The Bertz CT molecular complexity index is 1120. The molecule has 6 nitrogen and oxygen atoms in total. The maximum Gasteiger partial charge on any atom is 0.261 e. The minimum absolute atomic E-state index is 0.0866. The van der Waals surface area contributed by atoms with Crippen molar-refractivity contribution in [2.45, 2.75) is 19.4 Å². The van der Waals surface area contributed by atoms with Crippen molar-refractivity contribution in [1.29, 1.82) is 0 Å². The second-order valence-electron chi connectivity index (χ2n) is 7.54. The lowest BCUT2D eigenvalue weighted by atomic mass is 10.1. The second kappa shape index (κ2) is 8.95. The molecule has 0 aliphatic carbocycles. The molecule has 3 aromatic rings. The average molecular weight is 473 g/mol. The first-order valence-electron chi connectivity index (χ1n) is 9.91. The fraction of sp³-hybridized carbons (Fsp3) is 0.318. The number of nitrogens with one attached hydrogen (secondary N) is 1. The lowest BCUT2D eigenvalue weighted by Crippen LogP contribution is -2.32. The number of fused-ring (bicyclic) bond motifs is 1. The first kappa shape index (κ1) is 20.5. The summed E-state index contributed by atoms with van der Waals surface area (Å²) in [5.74, 6) is 0.0213. The van der Waals surface area contributed by atoms with E-state index in [1.165, 1.54) is 23.0 Å². The Morgan fingerprint density at radius 2 is 2.03 bits per heavy atom. The summed E-state index contributed by atoms with van der Waals surface area (Å²) in [6, 6.07) is 11.9. The fourth-order valence-electron chi connectivity index (χ4n) is 3.74. The highest BCUT2D eigenvalue weighted by atomic mass is 79.9. The highest BCUT2D eigenvalue weighted by Crippen LogP contribution is 2.23. The molecular weight excluding hydrogens is 451 g/mol. The molecule has 156 valence electrons. The molecule has 1 N–H and O–H groups in total. The van der Waals surface area contributed by atoms with Gasteiger partial charge in [-0.25, -0.2) is 9.37 Å². The van der Waals surface area contributed by atoms with Gasteiger partial charge in [-0.1, -0.05) is 15.9 Å². The van der Waals surface area contributed by atoms with Crippen molar-refractivity contribution in [3.8, 4) is 0 Å². The van der Waals surface area contributed by atoms with Gasteiger partial charge in [-0.3, -0.25) is 14.2 Å². The second-order valence-corrected chi connectivity index (χ2v) is 8.45. The smallest absolute Gasteiger partial charge is 0.261 e. The lowest BCUT2D eigenvalue weighted by molar-refractivity contribution is -0.121. The molecule has 2 heterocycles. The number of benzene rings is 2. The van der Waals surface area contributed by atoms with Crippen molar-refractivity contribution in [3.05, 3.63) is 69.4 Å². The minimum atomic E-state index is -0.241. The maximum absolute atomic E-state index is 13.1. The summed E-state index contributed by atoms with van der Waals surface area (Å²) in [6.45, 7) is 2.59. The topological polar surface area (TPSA) is 67.2 Å². The summed E-state index contributed by atoms with van der Waals surface area (Å²) in [5.41, 5.74) is 1.48. The van der Waals surface area contributed by atoms with Crippen LogP contribution >= 0.6 is 15.9 Å². The number of hydrogen-bond acceptors (Lipinski definition) is 4. The van der Waals surface area contributed by atoms with Crippen LogP contribution in [-0.2, 0) is 11.3 Å². The summed E-state index contributed by atoms with van der Waals surface area (Å²) in [5, 5.41) is 3.50. The first-order valence-corrected chi connectivity index (χ1v) is 10.7. The van der Waals surface area contributed by atoms with Gasteiger partial charge in [0.15, 0.2) is 0 Å². The van der Waals surface area contributed by atoms with Gasteiger partial charge in [0.1, 0.15) is 5.82 Å². The molecule has 1 amide bonds. The number of anilines is 1. The van der Waals surface area contributed by atoms with Crippen LogP contribution in [0.5, 0.6) is 0 Å². The number of aryl methyl sites for hydroxylation is 1. The monoisotopic (exact) mass is 472 g/mol. The standard InChI is InChI=1S/C22H22BrFN4O2/c23-16-1-6-20-19(11-16)22(30)28(14-26-20)10-8-21(29)25-12-15-7-9-27(13-15)18-4-2-17(24)3-5-18/h1-6,11,14-15H,7-10,12-13H2,(H,25,29). The molecule has 1 aliphatic heterocycles. The van der Waals surface area contributed by atoms with Crippen molar-refractivity contribution < 1.29 is 9.18 Å². The van der Waals surface area contributed by atoms with Crippen LogP contribution in [0.15, 0.2) is 58.1 Å². The molecule has 0 bridgehead atoms. The van der Waals surface area contributed by atoms with E-state index in [1.54, 1.807) is 24.3 Å². The summed E-state index contributed by atoms with van der Waals surface area (Å²) in [6.07, 6.45) is 2.68. The third-order valence-electron chi connectivity index (χ3n) is 5.43. The molecule has 1 atom stereocenters. The van der Waals surface area contributed by atoms with Gasteiger partial charge in [0, 0.05) is 42.8 Å². The Hall–Kier alpha value is -2.74. The Labute approximate surface area is 181 Å². The van der Waals surface area contributed by atoms with Crippen molar-refractivity contribution in [1.82, 2.24) is 14.9 Å². The molecular formula is C22H22BrFN4O2. The molecule has 0 spiro atoms. The Balaban J connectivity index is 1.28. The number of nitrogens with zero attached hydrogens (tertiary/aromatic N) is 3. The van der Waals surface area contributed by atoms with E-state index in [-0.39, 0.29) is 30.2 Å². The van der Waals surface area contributed by atoms with E-state index in [9.17, 15) is 14.0 Å². The molecule has 2 aromatic carbocycles. The Morgan fingerprint density at radius 1 is 1.23 bits per heavy atom. The zero-order chi connectivity index (χ0) is 21.1. The van der Waals surface area contributed by atoms with Crippen LogP contribution in [0.4, 0.5) is 10.1 Å². The minimum Gasteiger partial charge on any atom is -0.371 e. The number of halogens is 2. The zero-order valence-corrected chi connectivity index (χ0v) is 17.9. The van der Waals surface area contributed by atoms with Gasteiger partial charge in [-0.05, 0) is 54.8 Å². The fourth-order valence-corrected chi connectivity index (χ4v) is 4.11. The van der Waals surface area contributed by atoms with E-state index < -0.39 is 0 Å². The first-order chi connectivity index (χ1) is 14.5. The molecule has 1 saturated heterocycles. The van der Waals surface area contributed by atoms with Crippen LogP contribution in [-0.4, -0.2) is 35.1 Å². The Morgan fingerprint density at radius 3 is 2.83 bits per heavy atom. The van der Waals surface area contributed by atoms with Gasteiger partial charge in [0.05, 0.1) is 17.2 Å². The van der Waals surface area contributed by atoms with Crippen LogP contribution in [0.25, 0.3) is 10.9 Å². The van der Waals surface area contributed by atoms with Gasteiger partial charge in [0.25, 0.3) is 5.56 Å². The number of carbonyl (C=O) groups is 1. The predicted octanol–water partition coefficient (Wildman–Crippen LogP) is 3.33. The number of rotatable bonds is 6. The molecule has 1 fully saturated rings. The molecule has 1 aliphatic rings. The summed E-state index contributed by atoms with van der Waals surface area (Å²) < 4.78 is 15.4. The van der Waals surface area contributed by atoms with Gasteiger partial charge < -0.3 is 10.2 Å². The number of carbonyl (C=O) groups excluding carboxylic acids is 1. The summed E-state index contributed by atoms with van der Waals surface area (Å²) in [7, 11) is 0. The lowest BCUT2D eigenvalue weighted by Gasteiger charge is -2.19. The number of amides is 1. The average Bonchev–Trinajstić information content (AvgIpc) is 3.22. The van der Waals surface area contributed by atoms with Gasteiger partial charge >= 0.3 is 0 Å². The SMILES string of the molecule is O=C(CCn1cnc2ccc(Br)cc2c1=O)NCC1CCN(c2ccc(F)cc2)C1. The Kier molecular flexibility index (Phi) is 6.13. The van der Waals surface area contributed by atoms with Gasteiger partial charge in [-0.15, -0.1) is 0 Å². The third kappa shape index (κ3) is 4.70. The molecule has 0 radical (unpaired) electrons. The molecule has 30 heavy (non-hydrogen) atoms. The largest absolute Gasteiger partial charge is 0.371 e. The molecule has 4 rings (SSSR count). The van der Waals surface area contributed by atoms with Crippen LogP contribution in [0, 0.1) is 11.7 Å². The normalized spacial score (nSPS) is 16.2. The van der Waals surface area contributed by atoms with E-state index in [1.807, 2.05) is 6.07 Å². The predicted molar refractivity (Wildman–Crippen MR) is 118 cm³/mol. The van der Waals surface area contributed by atoms with E-state index in [0.717, 1.165) is 29.7 Å². The zero-order valence-electron chi connectivity index (χ0n) is 16.4. The van der Waals surface area contributed by atoms with E-state index in [4.69, 9.17) is 0 Å². The van der Waals surface area contributed by atoms with Crippen molar-refractivity contribution in [2.75, 3.05) is 24.5 Å². The molecule has 1 unspecified atom stereocenters. The highest BCUT2D eigenvalue weighted by Gasteiger charge is 2.23. The van der Waals surface area contributed by atoms with E-state index in [0.29, 0.717) is 23.4 Å². The van der Waals surface area contributed by atoms with Gasteiger partial charge in [-0.2, -0.15) is 0 Å². The van der Waals surface area contributed by atoms with Crippen molar-refractivity contribution in [2.24, 2.45) is 5.92 Å².